The Balaban J connectivity index is 2.06. The van der Waals surface area contributed by atoms with E-state index in [9.17, 15) is 14.4 Å². The van der Waals surface area contributed by atoms with Crippen LogP contribution < -0.4 is 15.4 Å². The first kappa shape index (κ1) is 21.2. The van der Waals surface area contributed by atoms with Crippen LogP contribution >= 0.6 is 11.6 Å². The summed E-state index contributed by atoms with van der Waals surface area (Å²) in [4.78, 5) is 36.3. The van der Waals surface area contributed by atoms with Crippen molar-refractivity contribution in [2.45, 2.75) is 20.0 Å². The third-order valence-corrected chi connectivity index (χ3v) is 3.91. The first-order chi connectivity index (χ1) is 13.4. The molecule has 0 aromatic heterocycles. The summed E-state index contributed by atoms with van der Waals surface area (Å²) in [6, 6.07) is 12.9. The summed E-state index contributed by atoms with van der Waals surface area (Å²) in [5.41, 5.74) is 1.34. The second kappa shape index (κ2) is 10.3. The Labute approximate surface area is 168 Å². The molecular weight excluding hydrogens is 384 g/mol. The number of carbonyl (C=O) groups is 3. The number of nitrogens with one attached hydrogen (secondary N) is 2. The van der Waals surface area contributed by atoms with Gasteiger partial charge >= 0.3 is 12.0 Å². The van der Waals surface area contributed by atoms with E-state index in [0.29, 0.717) is 22.9 Å². The molecular formula is C20H21ClN2O5. The summed E-state index contributed by atoms with van der Waals surface area (Å²) in [7, 11) is 0. The van der Waals surface area contributed by atoms with Gasteiger partial charge in [-0.2, -0.15) is 0 Å². The van der Waals surface area contributed by atoms with Crippen molar-refractivity contribution >= 4 is 29.5 Å². The van der Waals surface area contributed by atoms with Gasteiger partial charge in [-0.1, -0.05) is 48.0 Å². The maximum atomic E-state index is 12.4. The maximum absolute atomic E-state index is 12.4. The van der Waals surface area contributed by atoms with E-state index in [1.165, 1.54) is 0 Å². The van der Waals surface area contributed by atoms with E-state index in [1.807, 2.05) is 13.0 Å². The van der Waals surface area contributed by atoms with E-state index in [0.717, 1.165) is 5.56 Å². The molecule has 2 aromatic carbocycles. The van der Waals surface area contributed by atoms with Gasteiger partial charge in [0.2, 0.25) is 6.10 Å². The predicted molar refractivity (Wildman–Crippen MR) is 104 cm³/mol. The van der Waals surface area contributed by atoms with E-state index in [2.05, 4.69) is 10.6 Å². The number of carbonyl (C=O) groups excluding carboxylic acids is 3. The molecule has 0 saturated carbocycles. The lowest BCUT2D eigenvalue weighted by molar-refractivity contribution is -0.158. The molecule has 0 unspecified atom stereocenters. The van der Waals surface area contributed by atoms with Crippen molar-refractivity contribution in [1.82, 2.24) is 10.6 Å². The van der Waals surface area contributed by atoms with E-state index in [1.54, 1.807) is 49.4 Å². The Morgan fingerprint density at radius 1 is 1.11 bits per heavy atom. The molecule has 8 heteroatoms. The summed E-state index contributed by atoms with van der Waals surface area (Å²) < 4.78 is 10.7. The smallest absolute Gasteiger partial charge is 0.345 e. The summed E-state index contributed by atoms with van der Waals surface area (Å²) >= 11 is 6.03. The van der Waals surface area contributed by atoms with Gasteiger partial charge in [-0.25, -0.2) is 9.59 Å². The topological polar surface area (TPSA) is 93.7 Å². The molecule has 7 nitrogen and oxygen atoms in total. The van der Waals surface area contributed by atoms with E-state index < -0.39 is 30.6 Å². The SMILES string of the molecule is CCNC(=O)NC(=O)[C@@H](OC(=O)COc1cc(C)ccc1Cl)c1ccccc1. The molecule has 28 heavy (non-hydrogen) atoms. The highest BCUT2D eigenvalue weighted by Gasteiger charge is 2.26. The number of aryl methyl sites for hydroxylation is 1. The van der Waals surface area contributed by atoms with Crippen molar-refractivity contribution in [3.8, 4) is 5.75 Å². The molecule has 0 heterocycles. The molecule has 3 amide bonds. The van der Waals surface area contributed by atoms with Crippen LogP contribution in [0, 0.1) is 6.92 Å². The number of imide groups is 1. The second-order valence-electron chi connectivity index (χ2n) is 5.85. The molecule has 0 radical (unpaired) electrons. The fraction of sp³-hybridized carbons (Fsp3) is 0.250. The van der Waals surface area contributed by atoms with Crippen LogP contribution in [0.15, 0.2) is 48.5 Å². The first-order valence-electron chi connectivity index (χ1n) is 8.62. The standard InChI is InChI=1S/C20H21ClN2O5/c1-3-22-20(26)23-19(25)18(14-7-5-4-6-8-14)28-17(24)12-27-16-11-13(2)9-10-15(16)21/h4-11,18H,3,12H2,1-2H3,(H2,22,23,25,26)/t18-/m0/s1. The lowest BCUT2D eigenvalue weighted by Crippen LogP contribution is -2.42. The number of urea groups is 1. The average molecular weight is 405 g/mol. The van der Waals surface area contributed by atoms with Crippen LogP contribution in [0.1, 0.15) is 24.2 Å². The minimum atomic E-state index is -1.30. The van der Waals surface area contributed by atoms with Crippen molar-refractivity contribution in [3.63, 3.8) is 0 Å². The van der Waals surface area contributed by atoms with E-state index >= 15 is 0 Å². The number of rotatable bonds is 7. The summed E-state index contributed by atoms with van der Waals surface area (Å²) in [6.07, 6.45) is -1.30. The van der Waals surface area contributed by atoms with Gasteiger partial charge in [0.15, 0.2) is 6.61 Å². The van der Waals surface area contributed by atoms with Gasteiger partial charge in [-0.3, -0.25) is 10.1 Å². The van der Waals surface area contributed by atoms with Gasteiger partial charge in [0, 0.05) is 12.1 Å². The number of hydrogen-bond acceptors (Lipinski definition) is 5. The number of amides is 3. The quantitative estimate of drug-likeness (QED) is 0.691. The Morgan fingerprint density at radius 3 is 2.50 bits per heavy atom. The average Bonchev–Trinajstić information content (AvgIpc) is 2.67. The molecule has 0 aliphatic rings. The minimum Gasteiger partial charge on any atom is -0.480 e. The van der Waals surface area contributed by atoms with Crippen LogP contribution in [0.4, 0.5) is 4.79 Å². The summed E-state index contributed by atoms with van der Waals surface area (Å²) in [5, 5.41) is 4.94. The van der Waals surface area contributed by atoms with Crippen LogP contribution in [-0.4, -0.2) is 31.1 Å². The van der Waals surface area contributed by atoms with Crippen molar-refractivity contribution in [3.05, 3.63) is 64.7 Å². The molecule has 0 bridgehead atoms. The normalized spacial score (nSPS) is 11.2. The van der Waals surface area contributed by atoms with Crippen LogP contribution in [0.2, 0.25) is 5.02 Å². The zero-order valence-electron chi connectivity index (χ0n) is 15.5. The van der Waals surface area contributed by atoms with Crippen LogP contribution in [0.3, 0.4) is 0 Å². The number of halogens is 1. The molecule has 2 aromatic rings. The van der Waals surface area contributed by atoms with Crippen LogP contribution in [0.25, 0.3) is 0 Å². The Hall–Kier alpha value is -3.06. The number of benzene rings is 2. The molecule has 0 fully saturated rings. The Kier molecular flexibility index (Phi) is 7.83. The van der Waals surface area contributed by atoms with Crippen molar-refractivity contribution < 1.29 is 23.9 Å². The van der Waals surface area contributed by atoms with Gasteiger partial charge in [0.1, 0.15) is 5.75 Å². The highest BCUT2D eigenvalue weighted by molar-refractivity contribution is 6.32. The number of esters is 1. The second-order valence-corrected chi connectivity index (χ2v) is 6.26. The van der Waals surface area contributed by atoms with E-state index in [-0.39, 0.29) is 0 Å². The molecule has 0 aliphatic carbocycles. The Morgan fingerprint density at radius 2 is 1.82 bits per heavy atom. The largest absolute Gasteiger partial charge is 0.480 e. The molecule has 2 rings (SSSR count). The van der Waals surface area contributed by atoms with Gasteiger partial charge in [0.05, 0.1) is 5.02 Å². The van der Waals surface area contributed by atoms with Crippen molar-refractivity contribution in [2.75, 3.05) is 13.2 Å². The van der Waals surface area contributed by atoms with Gasteiger partial charge in [-0.15, -0.1) is 0 Å². The molecule has 0 saturated heterocycles. The summed E-state index contributed by atoms with van der Waals surface area (Å²) in [5.74, 6) is -1.21. The molecule has 0 aliphatic heterocycles. The van der Waals surface area contributed by atoms with Gasteiger partial charge in [0.25, 0.3) is 5.91 Å². The maximum Gasteiger partial charge on any atom is 0.345 e. The van der Waals surface area contributed by atoms with E-state index in [4.69, 9.17) is 21.1 Å². The fourth-order valence-electron chi connectivity index (χ4n) is 2.31. The minimum absolute atomic E-state index is 0.335. The highest BCUT2D eigenvalue weighted by atomic mass is 35.5. The lowest BCUT2D eigenvalue weighted by atomic mass is 10.1. The van der Waals surface area contributed by atoms with Crippen molar-refractivity contribution in [1.29, 1.82) is 0 Å². The number of ether oxygens (including phenoxy) is 2. The van der Waals surface area contributed by atoms with Crippen molar-refractivity contribution in [2.24, 2.45) is 0 Å². The van der Waals surface area contributed by atoms with Gasteiger partial charge < -0.3 is 14.8 Å². The highest BCUT2D eigenvalue weighted by Crippen LogP contribution is 2.25. The lowest BCUT2D eigenvalue weighted by Gasteiger charge is -2.18. The first-order valence-corrected chi connectivity index (χ1v) is 9.00. The monoisotopic (exact) mass is 404 g/mol. The molecule has 1 atom stereocenters. The third-order valence-electron chi connectivity index (χ3n) is 3.60. The summed E-state index contributed by atoms with van der Waals surface area (Å²) in [6.45, 7) is 3.48. The van der Waals surface area contributed by atoms with Crippen LogP contribution in [0.5, 0.6) is 5.75 Å². The zero-order chi connectivity index (χ0) is 20.5. The van der Waals surface area contributed by atoms with Crippen LogP contribution in [-0.2, 0) is 14.3 Å². The zero-order valence-corrected chi connectivity index (χ0v) is 16.3. The van der Waals surface area contributed by atoms with Gasteiger partial charge in [-0.05, 0) is 31.5 Å². The molecule has 0 spiro atoms. The number of hydrogen-bond donors (Lipinski definition) is 2. The fourth-order valence-corrected chi connectivity index (χ4v) is 2.48. The molecule has 148 valence electrons. The third kappa shape index (κ3) is 6.28. The predicted octanol–water partition coefficient (Wildman–Crippen LogP) is 3.16. The Bertz CT molecular complexity index is 842. The molecule has 2 N–H and O–H groups in total.